The third kappa shape index (κ3) is 2.77. The quantitative estimate of drug-likeness (QED) is 0.423. The number of hydrazone groups is 1. The number of ether oxygens (including phenoxy) is 1. The fraction of sp³-hybridized carbons (Fsp3) is 0.143. The molecule has 5 heteroatoms. The maximum absolute atomic E-state index is 5.51. The van der Waals surface area contributed by atoms with Gasteiger partial charge in [0.1, 0.15) is 5.75 Å². The number of nitrogens with one attached hydrogen (secondary N) is 1. The van der Waals surface area contributed by atoms with Gasteiger partial charge in [-0.25, -0.2) is 10.4 Å². The number of para-hydroxylation sites is 2. The molecule has 1 heterocycles. The molecule has 5 nitrogen and oxygen atoms in total. The number of methoxy groups -OCH3 is 1. The number of hydrogen-bond acceptors (Lipinski definition) is 4. The Bertz CT molecular complexity index is 1100. The summed E-state index contributed by atoms with van der Waals surface area (Å²) in [5.41, 5.74) is 6.07. The van der Waals surface area contributed by atoms with Crippen LogP contribution in [0.15, 0.2) is 65.8 Å². The zero-order chi connectivity index (χ0) is 17.9. The lowest BCUT2D eigenvalue weighted by Crippen LogP contribution is -2.02. The van der Waals surface area contributed by atoms with Gasteiger partial charge in [-0.05, 0) is 35.9 Å². The fourth-order valence-electron chi connectivity index (χ4n) is 3.22. The molecule has 26 heavy (non-hydrogen) atoms. The molecule has 4 rings (SSSR count). The summed E-state index contributed by atoms with van der Waals surface area (Å²) in [4.78, 5) is 4.63. The highest BCUT2D eigenvalue weighted by atomic mass is 16.5. The van der Waals surface area contributed by atoms with Crippen molar-refractivity contribution in [2.75, 3.05) is 12.5 Å². The molecule has 0 aliphatic heterocycles. The Kier molecular flexibility index (Phi) is 4.27. The van der Waals surface area contributed by atoms with Gasteiger partial charge in [-0.1, -0.05) is 42.5 Å². The average molecular weight is 344 g/mol. The van der Waals surface area contributed by atoms with Crippen LogP contribution in [-0.2, 0) is 6.54 Å². The first-order valence-electron chi connectivity index (χ1n) is 8.62. The molecule has 0 unspecified atom stereocenters. The number of anilines is 1. The smallest absolute Gasteiger partial charge is 0.224 e. The molecule has 0 spiro atoms. The van der Waals surface area contributed by atoms with Gasteiger partial charge in [-0.3, -0.25) is 0 Å². The molecule has 0 saturated carbocycles. The Morgan fingerprint density at radius 3 is 2.73 bits per heavy atom. The number of aryl methyl sites for hydroxylation is 1. The van der Waals surface area contributed by atoms with Crippen LogP contribution in [0.25, 0.3) is 21.8 Å². The van der Waals surface area contributed by atoms with Gasteiger partial charge < -0.3 is 9.30 Å². The van der Waals surface area contributed by atoms with Crippen molar-refractivity contribution < 1.29 is 4.74 Å². The zero-order valence-electron chi connectivity index (χ0n) is 14.8. The number of imidazole rings is 1. The lowest BCUT2D eigenvalue weighted by molar-refractivity contribution is 0.415. The van der Waals surface area contributed by atoms with Crippen molar-refractivity contribution in [3.63, 3.8) is 0 Å². The minimum atomic E-state index is 0.726. The van der Waals surface area contributed by atoms with Crippen LogP contribution >= 0.6 is 0 Å². The highest BCUT2D eigenvalue weighted by Gasteiger charge is 2.09. The van der Waals surface area contributed by atoms with E-state index in [4.69, 9.17) is 4.74 Å². The van der Waals surface area contributed by atoms with Crippen molar-refractivity contribution >= 4 is 34.0 Å². The second kappa shape index (κ2) is 6.88. The van der Waals surface area contributed by atoms with Crippen LogP contribution in [0.4, 0.5) is 5.95 Å². The van der Waals surface area contributed by atoms with E-state index in [1.165, 1.54) is 0 Å². The Morgan fingerprint density at radius 2 is 1.88 bits per heavy atom. The molecule has 3 aromatic carbocycles. The molecular formula is C21H20N4O. The van der Waals surface area contributed by atoms with E-state index in [2.05, 4.69) is 51.3 Å². The molecule has 130 valence electrons. The van der Waals surface area contributed by atoms with Gasteiger partial charge in [0.05, 0.1) is 24.4 Å². The number of fused-ring (bicyclic) bond motifs is 2. The first-order chi connectivity index (χ1) is 12.8. The van der Waals surface area contributed by atoms with Crippen molar-refractivity contribution in [1.82, 2.24) is 9.55 Å². The fourth-order valence-corrected chi connectivity index (χ4v) is 3.22. The molecule has 0 radical (unpaired) electrons. The third-order valence-corrected chi connectivity index (χ3v) is 4.48. The first kappa shape index (κ1) is 16.1. The molecule has 0 aliphatic rings. The number of hydrogen-bond donors (Lipinski definition) is 1. The third-order valence-electron chi connectivity index (χ3n) is 4.48. The molecular weight excluding hydrogens is 324 g/mol. The lowest BCUT2D eigenvalue weighted by atomic mass is 10.0. The van der Waals surface area contributed by atoms with E-state index in [9.17, 15) is 0 Å². The predicted octanol–water partition coefficient (Wildman–Crippen LogP) is 4.66. The summed E-state index contributed by atoms with van der Waals surface area (Å²) in [7, 11) is 1.67. The summed E-state index contributed by atoms with van der Waals surface area (Å²) in [5, 5.41) is 6.68. The standard InChI is InChI=1S/C21H20N4O/c1-3-25-19-11-7-6-10-18(19)23-21(25)24-22-14-17-16-9-5-4-8-15(16)12-13-20(17)26-2/h4-14H,3H2,1-2H3,(H,23,24)/b22-14-. The van der Waals surface area contributed by atoms with E-state index >= 15 is 0 Å². The summed E-state index contributed by atoms with van der Waals surface area (Å²) < 4.78 is 7.61. The summed E-state index contributed by atoms with van der Waals surface area (Å²) >= 11 is 0. The maximum atomic E-state index is 5.51. The molecule has 1 N–H and O–H groups in total. The van der Waals surface area contributed by atoms with E-state index in [1.54, 1.807) is 13.3 Å². The van der Waals surface area contributed by atoms with Gasteiger partial charge in [0.2, 0.25) is 5.95 Å². The monoisotopic (exact) mass is 344 g/mol. The van der Waals surface area contributed by atoms with Crippen molar-refractivity contribution in [1.29, 1.82) is 0 Å². The average Bonchev–Trinajstić information content (AvgIpc) is 3.05. The maximum Gasteiger partial charge on any atom is 0.224 e. The minimum Gasteiger partial charge on any atom is -0.496 e. The Morgan fingerprint density at radius 1 is 1.08 bits per heavy atom. The van der Waals surface area contributed by atoms with Crippen molar-refractivity contribution in [2.45, 2.75) is 13.5 Å². The second-order valence-corrected chi connectivity index (χ2v) is 5.94. The predicted molar refractivity (Wildman–Crippen MR) is 107 cm³/mol. The van der Waals surface area contributed by atoms with Crippen molar-refractivity contribution in [3.8, 4) is 5.75 Å². The number of benzene rings is 3. The van der Waals surface area contributed by atoms with Gasteiger partial charge >= 0.3 is 0 Å². The Labute approximate surface area is 151 Å². The zero-order valence-corrected chi connectivity index (χ0v) is 14.8. The van der Waals surface area contributed by atoms with E-state index in [0.29, 0.717) is 0 Å². The molecule has 0 saturated heterocycles. The summed E-state index contributed by atoms with van der Waals surface area (Å²) in [5.74, 6) is 1.52. The number of nitrogens with zero attached hydrogens (tertiary/aromatic N) is 3. The molecule has 0 aliphatic carbocycles. The van der Waals surface area contributed by atoms with Crippen molar-refractivity contribution in [3.05, 3.63) is 66.2 Å². The van der Waals surface area contributed by atoms with E-state index in [0.717, 1.165) is 45.6 Å². The van der Waals surface area contributed by atoms with Crippen LogP contribution in [0.5, 0.6) is 5.75 Å². The Hall–Kier alpha value is -3.34. The van der Waals surface area contributed by atoms with Crippen LogP contribution in [0.2, 0.25) is 0 Å². The Balaban J connectivity index is 1.71. The van der Waals surface area contributed by atoms with Crippen LogP contribution in [0, 0.1) is 0 Å². The normalized spacial score (nSPS) is 11.5. The van der Waals surface area contributed by atoms with E-state index in [1.807, 2.05) is 36.4 Å². The largest absolute Gasteiger partial charge is 0.496 e. The van der Waals surface area contributed by atoms with Crippen LogP contribution in [0.1, 0.15) is 12.5 Å². The van der Waals surface area contributed by atoms with Crippen LogP contribution in [-0.4, -0.2) is 22.9 Å². The molecule has 0 bridgehead atoms. The molecule has 0 fully saturated rings. The summed E-state index contributed by atoms with van der Waals surface area (Å²) in [6.45, 7) is 2.91. The van der Waals surface area contributed by atoms with E-state index in [-0.39, 0.29) is 0 Å². The SMILES string of the molecule is CCn1c(N/N=C\c2c(OC)ccc3ccccc23)nc2ccccc21. The van der Waals surface area contributed by atoms with Crippen LogP contribution in [0.3, 0.4) is 0 Å². The van der Waals surface area contributed by atoms with E-state index < -0.39 is 0 Å². The minimum absolute atomic E-state index is 0.726. The van der Waals surface area contributed by atoms with Gasteiger partial charge in [0.25, 0.3) is 0 Å². The summed E-state index contributed by atoms with van der Waals surface area (Å²) in [6, 6.07) is 20.3. The molecule has 1 aromatic heterocycles. The number of aromatic nitrogens is 2. The summed E-state index contributed by atoms with van der Waals surface area (Å²) in [6.07, 6.45) is 1.79. The van der Waals surface area contributed by atoms with Gasteiger partial charge in [-0.2, -0.15) is 5.10 Å². The van der Waals surface area contributed by atoms with Crippen LogP contribution < -0.4 is 10.2 Å². The number of rotatable bonds is 5. The van der Waals surface area contributed by atoms with Gasteiger partial charge in [-0.15, -0.1) is 0 Å². The van der Waals surface area contributed by atoms with Gasteiger partial charge in [0, 0.05) is 12.1 Å². The topological polar surface area (TPSA) is 51.4 Å². The molecule has 0 amide bonds. The molecule has 0 atom stereocenters. The lowest BCUT2D eigenvalue weighted by Gasteiger charge is -2.09. The second-order valence-electron chi connectivity index (χ2n) is 5.94. The highest BCUT2D eigenvalue weighted by molar-refractivity contribution is 6.02. The first-order valence-corrected chi connectivity index (χ1v) is 8.62. The molecule has 4 aromatic rings. The van der Waals surface area contributed by atoms with Crippen molar-refractivity contribution in [2.24, 2.45) is 5.10 Å². The van der Waals surface area contributed by atoms with Gasteiger partial charge in [0.15, 0.2) is 0 Å². The highest BCUT2D eigenvalue weighted by Crippen LogP contribution is 2.26.